The minimum Gasteiger partial charge on any atom is -0.497 e. The highest BCUT2D eigenvalue weighted by atomic mass is 16.5. The molecule has 0 heterocycles. The molecule has 0 spiro atoms. The first-order valence-corrected chi connectivity index (χ1v) is 7.45. The molecule has 0 aliphatic carbocycles. The van der Waals surface area contributed by atoms with Crippen LogP contribution >= 0.6 is 0 Å². The molecule has 0 unspecified atom stereocenters. The van der Waals surface area contributed by atoms with Gasteiger partial charge in [0.25, 0.3) is 5.91 Å². The Bertz CT molecular complexity index is 598. The average Bonchev–Trinajstić information content (AvgIpc) is 2.60. The van der Waals surface area contributed by atoms with E-state index in [1.54, 1.807) is 14.0 Å². The molecular weight excluding hydrogens is 294 g/mol. The van der Waals surface area contributed by atoms with Gasteiger partial charge in [-0.15, -0.1) is 0 Å². The molecule has 0 aromatic heterocycles. The van der Waals surface area contributed by atoms with Crippen molar-refractivity contribution >= 4 is 5.91 Å². The molecule has 2 aromatic carbocycles. The van der Waals surface area contributed by atoms with Gasteiger partial charge in [0.15, 0.2) is 6.10 Å². The number of nitrogens with one attached hydrogen (secondary N) is 1. The van der Waals surface area contributed by atoms with Crippen molar-refractivity contribution in [3.63, 3.8) is 0 Å². The highest BCUT2D eigenvalue weighted by molar-refractivity contribution is 5.80. The number of hydrogen-bond donors (Lipinski definition) is 1. The number of methoxy groups -OCH3 is 1. The molecule has 0 radical (unpaired) electrons. The molecule has 122 valence electrons. The Hall–Kier alpha value is -2.69. The zero-order valence-corrected chi connectivity index (χ0v) is 13.3. The third-order valence-electron chi connectivity index (χ3n) is 3.15. The molecule has 1 N–H and O–H groups in total. The minimum atomic E-state index is -0.557. The van der Waals surface area contributed by atoms with Gasteiger partial charge in [0.05, 0.1) is 13.7 Å². The van der Waals surface area contributed by atoms with Crippen molar-refractivity contribution in [1.29, 1.82) is 0 Å². The van der Waals surface area contributed by atoms with Crippen molar-refractivity contribution in [2.24, 2.45) is 0 Å². The molecule has 0 saturated carbocycles. The average molecular weight is 315 g/mol. The van der Waals surface area contributed by atoms with Crippen LogP contribution in [0.25, 0.3) is 0 Å². The normalized spacial score (nSPS) is 11.4. The van der Waals surface area contributed by atoms with E-state index in [9.17, 15) is 4.79 Å². The summed E-state index contributed by atoms with van der Waals surface area (Å²) < 4.78 is 16.2. The lowest BCUT2D eigenvalue weighted by atomic mass is 10.3. The van der Waals surface area contributed by atoms with Gasteiger partial charge in [-0.1, -0.05) is 18.2 Å². The van der Waals surface area contributed by atoms with Gasteiger partial charge in [0, 0.05) is 0 Å². The Labute approximate surface area is 136 Å². The lowest BCUT2D eigenvalue weighted by molar-refractivity contribution is -0.127. The summed E-state index contributed by atoms with van der Waals surface area (Å²) in [6, 6.07) is 16.5. The molecular formula is C18H21NO4. The molecule has 23 heavy (non-hydrogen) atoms. The molecule has 2 rings (SSSR count). The van der Waals surface area contributed by atoms with Crippen molar-refractivity contribution in [3.05, 3.63) is 54.6 Å². The third kappa shape index (κ3) is 5.54. The molecule has 1 atom stereocenters. The second kappa shape index (κ2) is 8.68. The number of hydrogen-bond acceptors (Lipinski definition) is 4. The Morgan fingerprint density at radius 2 is 1.65 bits per heavy atom. The van der Waals surface area contributed by atoms with E-state index in [2.05, 4.69) is 5.32 Å². The van der Waals surface area contributed by atoms with Crippen LogP contribution in [0.5, 0.6) is 17.2 Å². The van der Waals surface area contributed by atoms with E-state index >= 15 is 0 Å². The topological polar surface area (TPSA) is 56.8 Å². The van der Waals surface area contributed by atoms with E-state index in [1.807, 2.05) is 54.6 Å². The monoisotopic (exact) mass is 315 g/mol. The number of para-hydroxylation sites is 1. The first-order valence-electron chi connectivity index (χ1n) is 7.45. The van der Waals surface area contributed by atoms with Gasteiger partial charge in [-0.05, 0) is 43.3 Å². The molecule has 0 saturated heterocycles. The van der Waals surface area contributed by atoms with Crippen molar-refractivity contribution < 1.29 is 19.0 Å². The van der Waals surface area contributed by atoms with Crippen LogP contribution in [-0.4, -0.2) is 32.3 Å². The molecule has 0 fully saturated rings. The Balaban J connectivity index is 1.67. The lowest BCUT2D eigenvalue weighted by Gasteiger charge is -2.15. The molecule has 1 amide bonds. The number of rotatable bonds is 8. The SMILES string of the molecule is COc1ccc(OCCNC(=O)[C@H](C)Oc2ccccc2)cc1. The lowest BCUT2D eigenvalue weighted by Crippen LogP contribution is -2.38. The minimum absolute atomic E-state index is 0.174. The second-order valence-corrected chi connectivity index (χ2v) is 4.89. The largest absolute Gasteiger partial charge is 0.497 e. The number of carbonyl (C=O) groups is 1. The van der Waals surface area contributed by atoms with Crippen LogP contribution in [0.15, 0.2) is 54.6 Å². The summed E-state index contributed by atoms with van der Waals surface area (Å²) in [7, 11) is 1.62. The number of ether oxygens (including phenoxy) is 3. The predicted molar refractivity (Wildman–Crippen MR) is 88.0 cm³/mol. The van der Waals surface area contributed by atoms with Crippen molar-refractivity contribution in [2.45, 2.75) is 13.0 Å². The van der Waals surface area contributed by atoms with Gasteiger partial charge in [0.1, 0.15) is 23.9 Å². The molecule has 5 nitrogen and oxygen atoms in total. The standard InChI is InChI=1S/C18H21NO4/c1-14(23-17-6-4-3-5-7-17)18(20)19-12-13-22-16-10-8-15(21-2)9-11-16/h3-11,14H,12-13H2,1-2H3,(H,19,20)/t14-/m0/s1. The van der Waals surface area contributed by atoms with E-state index in [0.29, 0.717) is 18.9 Å². The van der Waals surface area contributed by atoms with Gasteiger partial charge in [-0.2, -0.15) is 0 Å². The highest BCUT2D eigenvalue weighted by Gasteiger charge is 2.13. The molecule has 2 aromatic rings. The maximum absolute atomic E-state index is 11.9. The number of carbonyl (C=O) groups excluding carboxylic acids is 1. The van der Waals surface area contributed by atoms with Crippen LogP contribution in [0.3, 0.4) is 0 Å². The summed E-state index contributed by atoms with van der Waals surface area (Å²) in [6.45, 7) is 2.51. The first kappa shape index (κ1) is 16.7. The van der Waals surface area contributed by atoms with Crippen LogP contribution in [0.1, 0.15) is 6.92 Å². The van der Waals surface area contributed by atoms with E-state index in [1.165, 1.54) is 0 Å². The van der Waals surface area contributed by atoms with Crippen molar-refractivity contribution in [1.82, 2.24) is 5.32 Å². The summed E-state index contributed by atoms with van der Waals surface area (Å²) in [4.78, 5) is 11.9. The van der Waals surface area contributed by atoms with Crippen LogP contribution in [0.2, 0.25) is 0 Å². The third-order valence-corrected chi connectivity index (χ3v) is 3.15. The van der Waals surface area contributed by atoms with Gasteiger partial charge in [-0.25, -0.2) is 0 Å². The predicted octanol–water partition coefficient (Wildman–Crippen LogP) is 2.66. The molecule has 5 heteroatoms. The summed E-state index contributed by atoms with van der Waals surface area (Å²) in [5, 5.41) is 2.78. The van der Waals surface area contributed by atoms with Crippen LogP contribution in [0.4, 0.5) is 0 Å². The maximum atomic E-state index is 11.9. The molecule has 0 aliphatic heterocycles. The van der Waals surface area contributed by atoms with Crippen LogP contribution in [0, 0.1) is 0 Å². The number of benzene rings is 2. The van der Waals surface area contributed by atoms with E-state index in [0.717, 1.165) is 11.5 Å². The second-order valence-electron chi connectivity index (χ2n) is 4.89. The van der Waals surface area contributed by atoms with Crippen LogP contribution in [-0.2, 0) is 4.79 Å². The van der Waals surface area contributed by atoms with Crippen molar-refractivity contribution in [2.75, 3.05) is 20.3 Å². The molecule has 0 bridgehead atoms. The van der Waals surface area contributed by atoms with Gasteiger partial charge >= 0.3 is 0 Å². The highest BCUT2D eigenvalue weighted by Crippen LogP contribution is 2.16. The molecule has 0 aliphatic rings. The van der Waals surface area contributed by atoms with Gasteiger partial charge < -0.3 is 19.5 Å². The summed E-state index contributed by atoms with van der Waals surface area (Å²) >= 11 is 0. The van der Waals surface area contributed by atoms with Crippen molar-refractivity contribution in [3.8, 4) is 17.2 Å². The summed E-state index contributed by atoms with van der Waals surface area (Å²) in [6.07, 6.45) is -0.557. The first-order chi connectivity index (χ1) is 11.2. The number of amides is 1. The smallest absolute Gasteiger partial charge is 0.260 e. The van der Waals surface area contributed by atoms with Crippen LogP contribution < -0.4 is 19.5 Å². The Morgan fingerprint density at radius 3 is 2.30 bits per heavy atom. The van der Waals surface area contributed by atoms with Gasteiger partial charge in [0.2, 0.25) is 0 Å². The Morgan fingerprint density at radius 1 is 1.00 bits per heavy atom. The fourth-order valence-electron chi connectivity index (χ4n) is 1.92. The zero-order valence-electron chi connectivity index (χ0n) is 13.3. The van der Waals surface area contributed by atoms with Gasteiger partial charge in [-0.3, -0.25) is 4.79 Å². The maximum Gasteiger partial charge on any atom is 0.260 e. The summed E-state index contributed by atoms with van der Waals surface area (Å²) in [5.74, 6) is 2.00. The Kier molecular flexibility index (Phi) is 6.29. The van der Waals surface area contributed by atoms with E-state index < -0.39 is 6.10 Å². The fraction of sp³-hybridized carbons (Fsp3) is 0.278. The zero-order chi connectivity index (χ0) is 16.5. The summed E-state index contributed by atoms with van der Waals surface area (Å²) in [5.41, 5.74) is 0. The fourth-order valence-corrected chi connectivity index (χ4v) is 1.92. The van der Waals surface area contributed by atoms with E-state index in [4.69, 9.17) is 14.2 Å². The quantitative estimate of drug-likeness (QED) is 0.761. The van der Waals surface area contributed by atoms with E-state index in [-0.39, 0.29) is 5.91 Å².